The largest absolute Gasteiger partial charge is 0.423 e. The van der Waals surface area contributed by atoms with Gasteiger partial charge in [-0.15, -0.1) is 0 Å². The van der Waals surface area contributed by atoms with Crippen LogP contribution in [-0.4, -0.2) is 22.7 Å². The molecule has 0 atom stereocenters. The zero-order valence-electron chi connectivity index (χ0n) is 17.4. The van der Waals surface area contributed by atoms with Crippen molar-refractivity contribution in [2.24, 2.45) is 5.10 Å². The van der Waals surface area contributed by atoms with Crippen molar-refractivity contribution in [2.75, 3.05) is 0 Å². The van der Waals surface area contributed by atoms with E-state index in [0.717, 1.165) is 16.8 Å². The van der Waals surface area contributed by atoms with Crippen molar-refractivity contribution in [2.45, 2.75) is 6.92 Å². The van der Waals surface area contributed by atoms with Crippen molar-refractivity contribution in [3.8, 4) is 11.4 Å². The summed E-state index contributed by atoms with van der Waals surface area (Å²) in [5, 5.41) is 4.05. The Labute approximate surface area is 185 Å². The van der Waals surface area contributed by atoms with Gasteiger partial charge in [-0.1, -0.05) is 29.8 Å². The van der Waals surface area contributed by atoms with Gasteiger partial charge in [0.25, 0.3) is 5.91 Å². The second kappa shape index (κ2) is 9.57. The number of aromatic nitrogens is 1. The van der Waals surface area contributed by atoms with E-state index in [2.05, 4.69) is 10.5 Å². The first kappa shape index (κ1) is 20.8. The summed E-state index contributed by atoms with van der Waals surface area (Å²) in [7, 11) is 0. The van der Waals surface area contributed by atoms with Crippen LogP contribution in [0.15, 0.2) is 102 Å². The molecule has 1 N–H and O–H groups in total. The number of rotatable bonds is 6. The van der Waals surface area contributed by atoms with Crippen molar-refractivity contribution >= 4 is 18.1 Å². The van der Waals surface area contributed by atoms with Crippen LogP contribution in [0.3, 0.4) is 0 Å². The highest BCUT2D eigenvalue weighted by Crippen LogP contribution is 2.16. The van der Waals surface area contributed by atoms with Crippen LogP contribution in [0.25, 0.3) is 5.69 Å². The first-order valence-corrected chi connectivity index (χ1v) is 10.0. The lowest BCUT2D eigenvalue weighted by atomic mass is 10.1. The quantitative estimate of drug-likeness (QED) is 0.210. The SMILES string of the molecule is Cc1ccc(C(=O)Oc2ccc(/C=N\NC(=O)c3ccccc3-n3cccc3)cc2)cc1. The lowest BCUT2D eigenvalue weighted by Gasteiger charge is -2.09. The summed E-state index contributed by atoms with van der Waals surface area (Å²) < 4.78 is 7.26. The summed E-state index contributed by atoms with van der Waals surface area (Å²) in [6, 6.07) is 25.1. The van der Waals surface area contributed by atoms with Crippen LogP contribution in [-0.2, 0) is 0 Å². The van der Waals surface area contributed by atoms with Crippen LogP contribution in [0.1, 0.15) is 31.8 Å². The van der Waals surface area contributed by atoms with Crippen molar-refractivity contribution < 1.29 is 14.3 Å². The van der Waals surface area contributed by atoms with E-state index in [1.807, 2.05) is 66.3 Å². The minimum Gasteiger partial charge on any atom is -0.423 e. The highest BCUT2D eigenvalue weighted by Gasteiger charge is 2.11. The fourth-order valence-corrected chi connectivity index (χ4v) is 3.09. The zero-order valence-corrected chi connectivity index (χ0v) is 17.4. The van der Waals surface area contributed by atoms with E-state index < -0.39 is 5.97 Å². The summed E-state index contributed by atoms with van der Waals surface area (Å²) >= 11 is 0. The molecule has 4 rings (SSSR count). The average molecular weight is 423 g/mol. The van der Waals surface area contributed by atoms with Gasteiger partial charge in [0.15, 0.2) is 0 Å². The van der Waals surface area contributed by atoms with Gasteiger partial charge in [0.1, 0.15) is 5.75 Å². The molecule has 0 unspecified atom stereocenters. The molecule has 6 heteroatoms. The standard InChI is InChI=1S/C26H21N3O3/c1-19-8-12-21(13-9-19)26(31)32-22-14-10-20(11-15-22)18-27-28-25(30)23-6-2-3-7-24(23)29-16-4-5-17-29/h2-18H,1H3,(H,28,30)/b27-18-. The van der Waals surface area contributed by atoms with E-state index in [9.17, 15) is 9.59 Å². The smallest absolute Gasteiger partial charge is 0.343 e. The molecular weight excluding hydrogens is 402 g/mol. The van der Waals surface area contributed by atoms with Gasteiger partial charge in [-0.25, -0.2) is 10.2 Å². The molecular formula is C26H21N3O3. The van der Waals surface area contributed by atoms with Crippen LogP contribution in [0.4, 0.5) is 0 Å². The third kappa shape index (κ3) is 4.99. The minimum absolute atomic E-state index is 0.311. The number of esters is 1. The number of benzene rings is 3. The molecule has 0 aliphatic heterocycles. The maximum absolute atomic E-state index is 12.6. The molecule has 1 heterocycles. The zero-order chi connectivity index (χ0) is 22.3. The van der Waals surface area contributed by atoms with Crippen LogP contribution < -0.4 is 10.2 Å². The van der Waals surface area contributed by atoms with E-state index in [4.69, 9.17) is 4.74 Å². The highest BCUT2D eigenvalue weighted by molar-refractivity contribution is 5.98. The Balaban J connectivity index is 1.37. The van der Waals surface area contributed by atoms with Crippen LogP contribution in [0.2, 0.25) is 0 Å². The molecule has 4 aromatic rings. The Hall–Kier alpha value is -4.45. The molecule has 0 saturated carbocycles. The molecule has 6 nitrogen and oxygen atoms in total. The predicted octanol–water partition coefficient (Wildman–Crippen LogP) is 4.77. The Kier molecular flexibility index (Phi) is 6.22. The lowest BCUT2D eigenvalue weighted by Crippen LogP contribution is -2.19. The van der Waals surface area contributed by atoms with E-state index >= 15 is 0 Å². The number of carbonyl (C=O) groups excluding carboxylic acids is 2. The number of aryl methyl sites for hydroxylation is 1. The first-order valence-electron chi connectivity index (χ1n) is 10.0. The van der Waals surface area contributed by atoms with E-state index in [1.54, 1.807) is 42.5 Å². The summed E-state index contributed by atoms with van der Waals surface area (Å²) in [4.78, 5) is 24.8. The fraction of sp³-hybridized carbons (Fsp3) is 0.0385. The highest BCUT2D eigenvalue weighted by atomic mass is 16.5. The van der Waals surface area contributed by atoms with Gasteiger partial charge in [0.2, 0.25) is 0 Å². The van der Waals surface area contributed by atoms with Crippen molar-refractivity contribution in [1.29, 1.82) is 0 Å². The van der Waals surface area contributed by atoms with Crippen LogP contribution >= 0.6 is 0 Å². The van der Waals surface area contributed by atoms with Gasteiger partial charge in [-0.2, -0.15) is 5.10 Å². The number of hydrazone groups is 1. The van der Waals surface area contributed by atoms with Crippen molar-refractivity contribution in [1.82, 2.24) is 9.99 Å². The molecule has 32 heavy (non-hydrogen) atoms. The number of ether oxygens (including phenoxy) is 1. The Morgan fingerprint density at radius 2 is 1.56 bits per heavy atom. The lowest BCUT2D eigenvalue weighted by molar-refractivity contribution is 0.0734. The number of para-hydroxylation sites is 1. The molecule has 0 aliphatic carbocycles. The Morgan fingerprint density at radius 1 is 0.875 bits per heavy atom. The Morgan fingerprint density at radius 3 is 2.28 bits per heavy atom. The molecule has 158 valence electrons. The fourth-order valence-electron chi connectivity index (χ4n) is 3.09. The maximum Gasteiger partial charge on any atom is 0.343 e. The number of amides is 1. The number of nitrogens with one attached hydrogen (secondary N) is 1. The number of hydrogen-bond donors (Lipinski definition) is 1. The molecule has 0 aliphatic rings. The monoisotopic (exact) mass is 423 g/mol. The molecule has 0 radical (unpaired) electrons. The normalized spacial score (nSPS) is 10.8. The van der Waals surface area contributed by atoms with Gasteiger partial charge in [0.05, 0.1) is 23.0 Å². The molecule has 0 fully saturated rings. The number of hydrogen-bond acceptors (Lipinski definition) is 4. The first-order chi connectivity index (χ1) is 15.6. The molecule has 1 aromatic heterocycles. The second-order valence-electron chi connectivity index (χ2n) is 7.13. The minimum atomic E-state index is -0.417. The second-order valence-corrected chi connectivity index (χ2v) is 7.13. The van der Waals surface area contributed by atoms with Gasteiger partial charge in [-0.3, -0.25) is 4.79 Å². The Bertz CT molecular complexity index is 1240. The van der Waals surface area contributed by atoms with Crippen molar-refractivity contribution in [3.05, 3.63) is 120 Å². The van der Waals surface area contributed by atoms with E-state index in [1.165, 1.54) is 6.21 Å². The number of carbonyl (C=O) groups is 2. The van der Waals surface area contributed by atoms with Crippen LogP contribution in [0, 0.1) is 6.92 Å². The third-order valence-electron chi connectivity index (χ3n) is 4.79. The maximum atomic E-state index is 12.6. The van der Waals surface area contributed by atoms with Gasteiger partial charge in [0, 0.05) is 12.4 Å². The number of nitrogens with zero attached hydrogens (tertiary/aromatic N) is 2. The molecule has 0 bridgehead atoms. The van der Waals surface area contributed by atoms with Gasteiger partial charge in [-0.05, 0) is 73.2 Å². The third-order valence-corrected chi connectivity index (χ3v) is 4.79. The molecule has 1 amide bonds. The summed E-state index contributed by atoms with van der Waals surface area (Å²) in [6.07, 6.45) is 5.28. The van der Waals surface area contributed by atoms with E-state index in [-0.39, 0.29) is 5.91 Å². The molecule has 0 spiro atoms. The average Bonchev–Trinajstić information content (AvgIpc) is 3.35. The van der Waals surface area contributed by atoms with Gasteiger partial charge < -0.3 is 9.30 Å². The summed E-state index contributed by atoms with van der Waals surface area (Å²) in [5.41, 5.74) is 6.15. The van der Waals surface area contributed by atoms with Crippen LogP contribution in [0.5, 0.6) is 5.75 Å². The molecule has 3 aromatic carbocycles. The van der Waals surface area contributed by atoms with Gasteiger partial charge >= 0.3 is 5.97 Å². The topological polar surface area (TPSA) is 72.7 Å². The van der Waals surface area contributed by atoms with E-state index in [0.29, 0.717) is 16.9 Å². The predicted molar refractivity (Wildman–Crippen MR) is 123 cm³/mol. The summed E-state index contributed by atoms with van der Waals surface area (Å²) in [5.74, 6) is -0.299. The summed E-state index contributed by atoms with van der Waals surface area (Å²) in [6.45, 7) is 1.96. The molecule has 0 saturated heterocycles. The van der Waals surface area contributed by atoms with Crippen molar-refractivity contribution in [3.63, 3.8) is 0 Å².